The van der Waals surface area contributed by atoms with Crippen LogP contribution in [0.2, 0.25) is 5.04 Å². The lowest BCUT2D eigenvalue weighted by molar-refractivity contribution is 0.365. The first kappa shape index (κ1) is 18.0. The van der Waals surface area contributed by atoms with E-state index in [4.69, 9.17) is 0 Å². The average Bonchev–Trinajstić information content (AvgIpc) is 2.60. The Morgan fingerprint density at radius 2 is 1.22 bits per heavy atom. The van der Waals surface area contributed by atoms with E-state index in [9.17, 15) is 4.80 Å². The summed E-state index contributed by atoms with van der Waals surface area (Å²) in [6.45, 7) is 9.04. The zero-order valence-corrected chi connectivity index (χ0v) is 15.9. The third-order valence-corrected chi connectivity index (χ3v) is 9.82. The van der Waals surface area contributed by atoms with Gasteiger partial charge in [-0.1, -0.05) is 101 Å². The summed E-state index contributed by atoms with van der Waals surface area (Å²) in [5.74, 6) is 0.663. The number of rotatable bonds is 7. The highest BCUT2D eigenvalue weighted by atomic mass is 28.4. The molecule has 23 heavy (non-hydrogen) atoms. The highest BCUT2D eigenvalue weighted by molar-refractivity contribution is 6.98. The van der Waals surface area contributed by atoms with Gasteiger partial charge in [0.1, 0.15) is 0 Å². The molecule has 2 aromatic carbocycles. The lowest BCUT2D eigenvalue weighted by atomic mass is 9.92. The second kappa shape index (κ2) is 7.46. The highest BCUT2D eigenvalue weighted by Gasteiger charge is 2.50. The van der Waals surface area contributed by atoms with Crippen LogP contribution in [0, 0.1) is 5.92 Å². The first-order chi connectivity index (χ1) is 11.0. The molecule has 0 bridgehead atoms. The van der Waals surface area contributed by atoms with Crippen molar-refractivity contribution >= 4 is 18.7 Å². The van der Waals surface area contributed by atoms with Crippen molar-refractivity contribution < 1.29 is 4.80 Å². The van der Waals surface area contributed by atoms with Gasteiger partial charge in [0.05, 0.1) is 0 Å². The van der Waals surface area contributed by atoms with Crippen LogP contribution in [0.25, 0.3) is 0 Å². The third kappa shape index (κ3) is 3.59. The Morgan fingerprint density at radius 1 is 0.826 bits per heavy atom. The maximum Gasteiger partial charge on any atom is 0.258 e. The van der Waals surface area contributed by atoms with Crippen molar-refractivity contribution in [1.29, 1.82) is 0 Å². The van der Waals surface area contributed by atoms with Gasteiger partial charge in [0.25, 0.3) is 8.32 Å². The molecule has 0 saturated heterocycles. The Kier molecular flexibility index (Phi) is 5.82. The molecule has 0 aliphatic rings. The normalized spacial score (nSPS) is 12.6. The van der Waals surface area contributed by atoms with Crippen molar-refractivity contribution in [2.45, 2.75) is 52.0 Å². The maximum atomic E-state index is 12.1. The van der Waals surface area contributed by atoms with Crippen LogP contribution in [0.3, 0.4) is 0 Å². The van der Waals surface area contributed by atoms with Gasteiger partial charge in [-0.05, 0) is 27.8 Å². The molecule has 124 valence electrons. The summed E-state index contributed by atoms with van der Waals surface area (Å²) in [5, 5.41) is 2.11. The minimum absolute atomic E-state index is 0.119. The minimum atomic E-state index is -2.82. The molecule has 2 rings (SSSR count). The molecule has 0 aliphatic heterocycles. The van der Waals surface area contributed by atoms with Crippen molar-refractivity contribution in [3.8, 4) is 0 Å². The molecule has 2 heteroatoms. The first-order valence-corrected chi connectivity index (χ1v) is 10.7. The molecule has 0 aromatic heterocycles. The SMILES string of the molecule is CCC(CC)CC(C)(C)[Si](O)(c1ccccc1)c1ccccc1. The molecule has 0 amide bonds. The maximum absolute atomic E-state index is 12.1. The Morgan fingerprint density at radius 3 is 1.57 bits per heavy atom. The molecule has 0 radical (unpaired) electrons. The summed E-state index contributed by atoms with van der Waals surface area (Å²) in [4.78, 5) is 12.1. The molecule has 0 unspecified atom stereocenters. The molecule has 0 atom stereocenters. The summed E-state index contributed by atoms with van der Waals surface area (Å²) in [6.07, 6.45) is 3.41. The lowest BCUT2D eigenvalue weighted by Gasteiger charge is -2.43. The van der Waals surface area contributed by atoms with Gasteiger partial charge in [0, 0.05) is 0 Å². The summed E-state index contributed by atoms with van der Waals surface area (Å²) >= 11 is 0. The lowest BCUT2D eigenvalue weighted by Crippen LogP contribution is -2.65. The van der Waals surface area contributed by atoms with E-state index in [1.165, 1.54) is 12.8 Å². The van der Waals surface area contributed by atoms with Gasteiger partial charge in [0.15, 0.2) is 0 Å². The van der Waals surface area contributed by atoms with Gasteiger partial charge in [-0.15, -0.1) is 0 Å². The van der Waals surface area contributed by atoms with Crippen LogP contribution in [0.5, 0.6) is 0 Å². The van der Waals surface area contributed by atoms with Crippen molar-refractivity contribution in [3.63, 3.8) is 0 Å². The van der Waals surface area contributed by atoms with E-state index >= 15 is 0 Å². The van der Waals surface area contributed by atoms with Crippen LogP contribution in [0.15, 0.2) is 60.7 Å². The molecular weight excluding hydrogens is 296 g/mol. The number of hydrogen-bond donors (Lipinski definition) is 1. The molecule has 0 heterocycles. The zero-order valence-electron chi connectivity index (χ0n) is 14.9. The standard InChI is InChI=1S/C21H30OSi/c1-5-18(6-2)17-21(3,4)23(22,19-13-9-7-10-14-19)20-15-11-8-12-16-20/h7-16,18,22H,5-6,17H2,1-4H3. The van der Waals surface area contributed by atoms with E-state index in [1.807, 2.05) is 36.4 Å². The van der Waals surface area contributed by atoms with E-state index < -0.39 is 8.32 Å². The van der Waals surface area contributed by atoms with Gasteiger partial charge >= 0.3 is 0 Å². The number of benzene rings is 2. The van der Waals surface area contributed by atoms with Gasteiger partial charge in [-0.2, -0.15) is 0 Å². The van der Waals surface area contributed by atoms with Crippen molar-refractivity contribution in [2.24, 2.45) is 5.92 Å². The van der Waals surface area contributed by atoms with Gasteiger partial charge in [-0.25, -0.2) is 0 Å². The Labute approximate surface area is 142 Å². The predicted molar refractivity (Wildman–Crippen MR) is 103 cm³/mol. The molecule has 0 spiro atoms. The van der Waals surface area contributed by atoms with Crippen molar-refractivity contribution in [2.75, 3.05) is 0 Å². The quantitative estimate of drug-likeness (QED) is 0.750. The van der Waals surface area contributed by atoms with Gasteiger partial charge in [-0.3, -0.25) is 0 Å². The summed E-state index contributed by atoms with van der Waals surface area (Å²) < 4.78 is 0. The van der Waals surface area contributed by atoms with Crippen molar-refractivity contribution in [1.82, 2.24) is 0 Å². The summed E-state index contributed by atoms with van der Waals surface area (Å²) in [6, 6.07) is 20.7. The number of hydrogen-bond acceptors (Lipinski definition) is 1. The van der Waals surface area contributed by atoms with Gasteiger partial charge in [0.2, 0.25) is 0 Å². The fourth-order valence-corrected chi connectivity index (χ4v) is 7.58. The first-order valence-electron chi connectivity index (χ1n) is 8.79. The van der Waals surface area contributed by atoms with E-state index in [-0.39, 0.29) is 5.04 Å². The third-order valence-electron chi connectivity index (χ3n) is 5.32. The molecule has 1 nitrogen and oxygen atoms in total. The van der Waals surface area contributed by atoms with Crippen LogP contribution in [-0.4, -0.2) is 13.1 Å². The molecular formula is C21H30OSi. The topological polar surface area (TPSA) is 20.2 Å². The van der Waals surface area contributed by atoms with Crippen molar-refractivity contribution in [3.05, 3.63) is 60.7 Å². The van der Waals surface area contributed by atoms with Gasteiger partial charge < -0.3 is 4.80 Å². The monoisotopic (exact) mass is 326 g/mol. The average molecular weight is 327 g/mol. The van der Waals surface area contributed by atoms with E-state index in [0.29, 0.717) is 5.92 Å². The highest BCUT2D eigenvalue weighted by Crippen LogP contribution is 2.42. The van der Waals surface area contributed by atoms with E-state index in [1.54, 1.807) is 0 Å². The zero-order chi connectivity index (χ0) is 16.9. The fourth-order valence-electron chi connectivity index (χ4n) is 3.75. The summed E-state index contributed by atoms with van der Waals surface area (Å²) in [7, 11) is -2.82. The molecule has 0 aliphatic carbocycles. The molecule has 2 aromatic rings. The van der Waals surface area contributed by atoms with E-state index in [2.05, 4.69) is 52.0 Å². The van der Waals surface area contributed by atoms with Crippen LogP contribution >= 0.6 is 0 Å². The molecule has 0 fully saturated rings. The fraction of sp³-hybridized carbons (Fsp3) is 0.429. The minimum Gasteiger partial charge on any atom is -0.424 e. The van der Waals surface area contributed by atoms with Crippen LogP contribution < -0.4 is 10.4 Å². The Hall–Kier alpha value is -1.38. The predicted octanol–water partition coefficient (Wildman–Crippen LogP) is 4.35. The van der Waals surface area contributed by atoms with E-state index in [0.717, 1.165) is 16.8 Å². The molecule has 0 saturated carbocycles. The Bertz CT molecular complexity index is 548. The smallest absolute Gasteiger partial charge is 0.258 e. The second-order valence-electron chi connectivity index (χ2n) is 7.21. The van der Waals surface area contributed by atoms with Crippen LogP contribution in [-0.2, 0) is 0 Å². The Balaban J connectivity index is 2.54. The second-order valence-corrected chi connectivity index (χ2v) is 11.1. The largest absolute Gasteiger partial charge is 0.424 e. The van der Waals surface area contributed by atoms with Crippen LogP contribution in [0.1, 0.15) is 47.0 Å². The summed E-state index contributed by atoms with van der Waals surface area (Å²) in [5.41, 5.74) is 0. The molecule has 1 N–H and O–H groups in total. The van der Waals surface area contributed by atoms with Crippen LogP contribution in [0.4, 0.5) is 0 Å².